The summed E-state index contributed by atoms with van der Waals surface area (Å²) in [6.07, 6.45) is 1.10. The van der Waals surface area contributed by atoms with E-state index >= 15 is 0 Å². The van der Waals surface area contributed by atoms with Crippen molar-refractivity contribution >= 4 is 34.9 Å². The fourth-order valence-electron chi connectivity index (χ4n) is 3.66. The van der Waals surface area contributed by atoms with Gasteiger partial charge in [-0.05, 0) is 44.4 Å². The normalized spacial score (nSPS) is 18.0. The molecule has 1 aromatic heterocycles. The van der Waals surface area contributed by atoms with Gasteiger partial charge in [0.2, 0.25) is 5.91 Å². The number of urea groups is 1. The average Bonchev–Trinajstić information content (AvgIpc) is 3.30. The fraction of sp³-hybridized carbons (Fsp3) is 0.250. The van der Waals surface area contributed by atoms with Crippen molar-refractivity contribution in [3.63, 3.8) is 0 Å². The molecule has 4 rings (SSSR count). The maximum Gasteiger partial charge on any atom is 0.325 e. The predicted molar refractivity (Wildman–Crippen MR) is 124 cm³/mol. The first-order valence-corrected chi connectivity index (χ1v) is 11.2. The van der Waals surface area contributed by atoms with Gasteiger partial charge in [-0.3, -0.25) is 14.5 Å². The number of amides is 4. The number of aryl methyl sites for hydroxylation is 2. The van der Waals surface area contributed by atoms with Gasteiger partial charge in [0, 0.05) is 16.6 Å². The number of nitrogens with one attached hydrogen (secondary N) is 2. The van der Waals surface area contributed by atoms with Gasteiger partial charge in [0.15, 0.2) is 0 Å². The number of hydrogen-bond acceptors (Lipinski definition) is 5. The summed E-state index contributed by atoms with van der Waals surface area (Å²) in [5.74, 6) is -0.819. The van der Waals surface area contributed by atoms with E-state index in [-0.39, 0.29) is 12.5 Å². The van der Waals surface area contributed by atoms with Crippen molar-refractivity contribution in [2.24, 2.45) is 0 Å². The Kier molecular flexibility index (Phi) is 6.05. The summed E-state index contributed by atoms with van der Waals surface area (Å²) in [5, 5.41) is 8.47. The molecule has 0 aliphatic carbocycles. The zero-order valence-corrected chi connectivity index (χ0v) is 18.7. The molecule has 1 aliphatic heterocycles. The highest BCUT2D eigenvalue weighted by Crippen LogP contribution is 2.25. The van der Waals surface area contributed by atoms with E-state index in [9.17, 15) is 14.4 Å². The number of hydrogen-bond donors (Lipinski definition) is 2. The van der Waals surface area contributed by atoms with Crippen LogP contribution in [-0.4, -0.2) is 39.8 Å². The van der Waals surface area contributed by atoms with Crippen molar-refractivity contribution < 1.29 is 14.4 Å². The summed E-state index contributed by atoms with van der Waals surface area (Å²) in [4.78, 5) is 43.3. The van der Waals surface area contributed by atoms with Gasteiger partial charge in [0.25, 0.3) is 5.91 Å². The van der Waals surface area contributed by atoms with E-state index in [1.165, 1.54) is 0 Å². The first-order valence-electron chi connectivity index (χ1n) is 10.3. The molecule has 4 amide bonds. The first kappa shape index (κ1) is 21.7. The van der Waals surface area contributed by atoms with E-state index in [1.807, 2.05) is 54.8 Å². The number of aromatic nitrogens is 1. The lowest BCUT2D eigenvalue weighted by atomic mass is 9.93. The van der Waals surface area contributed by atoms with Crippen molar-refractivity contribution in [3.8, 4) is 11.3 Å². The van der Waals surface area contributed by atoms with Crippen LogP contribution in [0.4, 0.5) is 10.5 Å². The van der Waals surface area contributed by atoms with Crippen LogP contribution in [-0.2, 0) is 16.0 Å². The van der Waals surface area contributed by atoms with Crippen LogP contribution in [0.5, 0.6) is 0 Å². The third-order valence-corrected chi connectivity index (χ3v) is 6.26. The van der Waals surface area contributed by atoms with Crippen LogP contribution in [0.3, 0.4) is 0 Å². The predicted octanol–water partition coefficient (Wildman–Crippen LogP) is 4.00. The lowest BCUT2D eigenvalue weighted by Crippen LogP contribution is -2.45. The van der Waals surface area contributed by atoms with E-state index in [2.05, 4.69) is 15.6 Å². The van der Waals surface area contributed by atoms with Crippen LogP contribution in [0, 0.1) is 6.92 Å². The van der Waals surface area contributed by atoms with Crippen LogP contribution in [0.15, 0.2) is 60.0 Å². The molecule has 1 saturated heterocycles. The molecule has 1 atom stereocenters. The Bertz CT molecular complexity index is 1140. The second-order valence-corrected chi connectivity index (χ2v) is 9.08. The number of anilines is 1. The molecule has 8 heteroatoms. The van der Waals surface area contributed by atoms with Crippen LogP contribution >= 0.6 is 11.3 Å². The molecule has 0 radical (unpaired) electrons. The second kappa shape index (κ2) is 8.92. The van der Waals surface area contributed by atoms with Crippen molar-refractivity contribution in [2.75, 3.05) is 11.9 Å². The summed E-state index contributed by atoms with van der Waals surface area (Å²) in [7, 11) is 0. The highest BCUT2D eigenvalue weighted by Gasteiger charge is 2.47. The Morgan fingerprint density at radius 1 is 1.12 bits per heavy atom. The number of nitrogens with zero attached hydrogens (tertiary/aromatic N) is 2. The SMILES string of the molecule is Cc1nc(-c2ccc(NC(=O)CN3C(=O)N[C@@](C)(CCc4ccccc4)C3=O)cc2)cs1. The lowest BCUT2D eigenvalue weighted by molar-refractivity contribution is -0.133. The van der Waals surface area contributed by atoms with Crippen molar-refractivity contribution in [3.05, 3.63) is 70.5 Å². The van der Waals surface area contributed by atoms with Crippen LogP contribution < -0.4 is 10.6 Å². The van der Waals surface area contributed by atoms with Gasteiger partial charge >= 0.3 is 6.03 Å². The van der Waals surface area contributed by atoms with Crippen LogP contribution in [0.25, 0.3) is 11.3 Å². The number of thiazole rings is 1. The molecule has 7 nitrogen and oxygen atoms in total. The lowest BCUT2D eigenvalue weighted by Gasteiger charge is -2.21. The smallest absolute Gasteiger partial charge is 0.325 e. The minimum Gasteiger partial charge on any atom is -0.325 e. The van der Waals surface area contributed by atoms with Gasteiger partial charge in [0.05, 0.1) is 10.7 Å². The maximum absolute atomic E-state index is 12.9. The van der Waals surface area contributed by atoms with E-state index in [0.717, 1.165) is 26.7 Å². The fourth-order valence-corrected chi connectivity index (χ4v) is 4.29. The van der Waals surface area contributed by atoms with Crippen molar-refractivity contribution in [1.29, 1.82) is 0 Å². The number of carbonyl (C=O) groups is 3. The quantitative estimate of drug-likeness (QED) is 0.535. The van der Waals surface area contributed by atoms with Crippen LogP contribution in [0.1, 0.15) is 23.9 Å². The topological polar surface area (TPSA) is 91.4 Å². The first-order chi connectivity index (χ1) is 15.3. The molecule has 0 spiro atoms. The minimum atomic E-state index is -1.03. The summed E-state index contributed by atoms with van der Waals surface area (Å²) >= 11 is 1.58. The molecule has 0 saturated carbocycles. The van der Waals surface area contributed by atoms with Gasteiger partial charge in [-0.15, -0.1) is 11.3 Å². The Morgan fingerprint density at radius 2 is 1.84 bits per heavy atom. The summed E-state index contributed by atoms with van der Waals surface area (Å²) in [5.41, 5.74) is 2.49. The zero-order valence-electron chi connectivity index (χ0n) is 17.9. The maximum atomic E-state index is 12.9. The van der Waals surface area contributed by atoms with E-state index in [0.29, 0.717) is 18.5 Å². The molecule has 32 heavy (non-hydrogen) atoms. The molecule has 0 bridgehead atoms. The highest BCUT2D eigenvalue weighted by atomic mass is 32.1. The molecule has 2 N–H and O–H groups in total. The Balaban J connectivity index is 1.35. The number of carbonyl (C=O) groups excluding carboxylic acids is 3. The molecular weight excluding hydrogens is 424 g/mol. The van der Waals surface area contributed by atoms with Gasteiger partial charge in [-0.25, -0.2) is 9.78 Å². The van der Waals surface area contributed by atoms with E-state index in [4.69, 9.17) is 0 Å². The summed E-state index contributed by atoms with van der Waals surface area (Å²) < 4.78 is 0. The highest BCUT2D eigenvalue weighted by molar-refractivity contribution is 7.09. The molecule has 2 aromatic carbocycles. The van der Waals surface area contributed by atoms with E-state index < -0.39 is 17.5 Å². The standard InChI is InChI=1S/C24H24N4O3S/c1-16-25-20(15-32-16)18-8-10-19(11-9-18)26-21(29)14-28-22(30)24(2,27-23(28)31)13-12-17-6-4-3-5-7-17/h3-11,15H,12-14H2,1-2H3,(H,26,29)(H,27,31)/t24-/m0/s1. The monoisotopic (exact) mass is 448 g/mol. The third-order valence-electron chi connectivity index (χ3n) is 5.49. The third kappa shape index (κ3) is 4.70. The van der Waals surface area contributed by atoms with Crippen molar-refractivity contribution in [1.82, 2.24) is 15.2 Å². The van der Waals surface area contributed by atoms with Gasteiger partial charge in [-0.2, -0.15) is 0 Å². The van der Waals surface area contributed by atoms with Gasteiger partial charge in [-0.1, -0.05) is 42.5 Å². The Morgan fingerprint density at radius 3 is 2.50 bits per heavy atom. The average molecular weight is 449 g/mol. The molecule has 0 unspecified atom stereocenters. The molecule has 164 valence electrons. The molecule has 3 aromatic rings. The van der Waals surface area contributed by atoms with Crippen molar-refractivity contribution in [2.45, 2.75) is 32.2 Å². The minimum absolute atomic E-state index is 0.335. The zero-order chi connectivity index (χ0) is 22.7. The van der Waals surface area contributed by atoms with Gasteiger partial charge in [0.1, 0.15) is 12.1 Å². The number of imide groups is 1. The number of benzene rings is 2. The summed E-state index contributed by atoms with van der Waals surface area (Å²) in [6, 6.07) is 16.5. The molecule has 2 heterocycles. The molecule has 1 fully saturated rings. The second-order valence-electron chi connectivity index (χ2n) is 8.02. The Hall–Kier alpha value is -3.52. The number of rotatable bonds is 7. The Labute approximate surface area is 190 Å². The largest absolute Gasteiger partial charge is 0.325 e. The molecule has 1 aliphatic rings. The molecular formula is C24H24N4O3S. The summed E-state index contributed by atoms with van der Waals surface area (Å²) in [6.45, 7) is 3.32. The van der Waals surface area contributed by atoms with Crippen LogP contribution in [0.2, 0.25) is 0 Å². The van der Waals surface area contributed by atoms with E-state index in [1.54, 1.807) is 30.4 Å². The van der Waals surface area contributed by atoms with Gasteiger partial charge < -0.3 is 10.6 Å².